The van der Waals surface area contributed by atoms with E-state index in [1.54, 1.807) is 0 Å². The summed E-state index contributed by atoms with van der Waals surface area (Å²) in [6.07, 6.45) is 2.80. The van der Waals surface area contributed by atoms with Crippen molar-refractivity contribution in [1.29, 1.82) is 0 Å². The van der Waals surface area contributed by atoms with Gasteiger partial charge in [-0.25, -0.2) is 0 Å². The van der Waals surface area contributed by atoms with Gasteiger partial charge in [0, 0.05) is 6.42 Å². The highest BCUT2D eigenvalue weighted by molar-refractivity contribution is 5.88. The second-order valence-electron chi connectivity index (χ2n) is 4.29. The first-order chi connectivity index (χ1) is 6.51. The van der Waals surface area contributed by atoms with E-state index in [1.165, 1.54) is 4.90 Å². The van der Waals surface area contributed by atoms with Crippen molar-refractivity contribution in [2.45, 2.75) is 24.9 Å². The van der Waals surface area contributed by atoms with E-state index in [-0.39, 0.29) is 19.0 Å². The maximum atomic E-state index is 11.4. The molecule has 0 atom stereocenters. The quantitative estimate of drug-likeness (QED) is 0.600. The van der Waals surface area contributed by atoms with Crippen molar-refractivity contribution in [2.75, 3.05) is 13.1 Å². The summed E-state index contributed by atoms with van der Waals surface area (Å²) in [5.41, 5.74) is 3.51. The fourth-order valence-electron chi connectivity index (χ4n) is 1.62. The number of carbonyl (C=O) groups excluding carboxylic acids is 2. The zero-order valence-corrected chi connectivity index (χ0v) is 7.90. The van der Waals surface area contributed by atoms with Crippen LogP contribution in [0.4, 0.5) is 0 Å². The Balaban J connectivity index is 1.81. The third kappa shape index (κ3) is 1.59. The zero-order chi connectivity index (χ0) is 10.3. The summed E-state index contributed by atoms with van der Waals surface area (Å²) in [5, 5.41) is 9.49. The topological polar surface area (TPSA) is 83.6 Å². The number of nitrogens with zero attached hydrogens (tertiary/aromatic N) is 1. The molecule has 5 nitrogen and oxygen atoms in total. The predicted octanol–water partition coefficient (Wildman–Crippen LogP) is -1.15. The molecule has 0 spiro atoms. The first-order valence-corrected chi connectivity index (χ1v) is 4.81. The van der Waals surface area contributed by atoms with Gasteiger partial charge in [0.1, 0.15) is 0 Å². The van der Waals surface area contributed by atoms with Crippen molar-refractivity contribution in [1.82, 2.24) is 4.90 Å². The van der Waals surface area contributed by atoms with Crippen LogP contribution in [0.5, 0.6) is 0 Å². The van der Waals surface area contributed by atoms with E-state index in [1.807, 2.05) is 0 Å². The smallest absolute Gasteiger partial charge is 0.253 e. The minimum Gasteiger partial charge on any atom is -0.377 e. The van der Waals surface area contributed by atoms with Crippen molar-refractivity contribution in [3.63, 3.8) is 0 Å². The number of aliphatic hydroxyl groups is 1. The Morgan fingerprint density at radius 3 is 2.43 bits per heavy atom. The number of β-amino-alcohol motifs (C(OH)–C–C–N with tert-alkyl or cyclic N) is 1. The molecule has 1 heterocycles. The lowest BCUT2D eigenvalue weighted by Crippen LogP contribution is -2.69. The van der Waals surface area contributed by atoms with Gasteiger partial charge in [-0.1, -0.05) is 0 Å². The van der Waals surface area contributed by atoms with Crippen LogP contribution in [-0.4, -0.2) is 40.5 Å². The third-order valence-electron chi connectivity index (χ3n) is 2.88. The highest BCUT2D eigenvalue weighted by Crippen LogP contribution is 2.34. The second-order valence-corrected chi connectivity index (χ2v) is 4.29. The van der Waals surface area contributed by atoms with E-state index >= 15 is 0 Å². The maximum Gasteiger partial charge on any atom is 0.253 e. The number of nitrogens with two attached hydrogens (primary N) is 1. The molecule has 78 valence electrons. The molecule has 1 aliphatic heterocycles. The number of carbonyl (C=O) groups is 2. The van der Waals surface area contributed by atoms with Gasteiger partial charge in [-0.15, -0.1) is 0 Å². The van der Waals surface area contributed by atoms with Crippen molar-refractivity contribution in [3.8, 4) is 0 Å². The van der Waals surface area contributed by atoms with Gasteiger partial charge in [0.15, 0.2) is 5.60 Å². The summed E-state index contributed by atoms with van der Waals surface area (Å²) >= 11 is 0. The molecule has 0 radical (unpaired) electrons. The van der Waals surface area contributed by atoms with E-state index in [2.05, 4.69) is 0 Å². The molecule has 1 saturated heterocycles. The van der Waals surface area contributed by atoms with Gasteiger partial charge in [0.2, 0.25) is 5.91 Å². The molecule has 0 unspecified atom stereocenters. The molecule has 0 aromatic rings. The Kier molecular flexibility index (Phi) is 1.99. The van der Waals surface area contributed by atoms with Crippen LogP contribution in [0.15, 0.2) is 0 Å². The summed E-state index contributed by atoms with van der Waals surface area (Å²) in [4.78, 5) is 23.7. The van der Waals surface area contributed by atoms with Crippen molar-refractivity contribution in [3.05, 3.63) is 0 Å². The Morgan fingerprint density at radius 1 is 1.43 bits per heavy atom. The van der Waals surface area contributed by atoms with Crippen LogP contribution in [-0.2, 0) is 9.59 Å². The summed E-state index contributed by atoms with van der Waals surface area (Å²) in [5.74, 6) is -0.184. The number of primary amides is 1. The number of hydrogen-bond acceptors (Lipinski definition) is 3. The van der Waals surface area contributed by atoms with Crippen LogP contribution in [0.2, 0.25) is 0 Å². The highest BCUT2D eigenvalue weighted by Gasteiger charge is 2.48. The lowest BCUT2D eigenvalue weighted by atomic mass is 9.93. The Labute approximate surface area is 81.9 Å². The summed E-state index contributed by atoms with van der Waals surface area (Å²) < 4.78 is 0. The molecule has 0 aromatic carbocycles. The molecule has 1 saturated carbocycles. The van der Waals surface area contributed by atoms with Crippen LogP contribution in [0, 0.1) is 5.92 Å². The highest BCUT2D eigenvalue weighted by atomic mass is 16.3. The van der Waals surface area contributed by atoms with Crippen LogP contribution in [0.25, 0.3) is 0 Å². The van der Waals surface area contributed by atoms with E-state index in [0.29, 0.717) is 12.3 Å². The molecule has 0 aromatic heterocycles. The van der Waals surface area contributed by atoms with E-state index in [4.69, 9.17) is 5.73 Å². The molecule has 2 rings (SSSR count). The van der Waals surface area contributed by atoms with Crippen molar-refractivity contribution >= 4 is 11.8 Å². The lowest BCUT2D eigenvalue weighted by Gasteiger charge is -2.44. The van der Waals surface area contributed by atoms with Crippen LogP contribution < -0.4 is 5.73 Å². The van der Waals surface area contributed by atoms with E-state index in [0.717, 1.165) is 12.8 Å². The predicted molar refractivity (Wildman–Crippen MR) is 48.1 cm³/mol. The van der Waals surface area contributed by atoms with Gasteiger partial charge in [0.25, 0.3) is 5.91 Å². The molecule has 2 aliphatic rings. The van der Waals surface area contributed by atoms with Crippen molar-refractivity contribution < 1.29 is 14.7 Å². The first-order valence-electron chi connectivity index (χ1n) is 4.81. The van der Waals surface area contributed by atoms with Crippen LogP contribution in [0.3, 0.4) is 0 Å². The monoisotopic (exact) mass is 198 g/mol. The van der Waals surface area contributed by atoms with Gasteiger partial charge >= 0.3 is 0 Å². The van der Waals surface area contributed by atoms with Gasteiger partial charge < -0.3 is 15.7 Å². The fraction of sp³-hybridized carbons (Fsp3) is 0.778. The molecule has 2 fully saturated rings. The normalized spacial score (nSPS) is 24.2. The summed E-state index contributed by atoms with van der Waals surface area (Å²) in [7, 11) is 0. The molecule has 5 heteroatoms. The standard InChI is InChI=1S/C9H14N2O3/c10-8(13)9(14)4-11(5-9)7(12)3-6-1-2-6/h6,14H,1-5H2,(H2,10,13). The van der Waals surface area contributed by atoms with E-state index in [9.17, 15) is 14.7 Å². The molecule has 14 heavy (non-hydrogen) atoms. The minimum absolute atomic E-state index is 0.0263. The second kappa shape index (κ2) is 2.95. The summed E-state index contributed by atoms with van der Waals surface area (Å²) in [6.45, 7) is 0.127. The van der Waals surface area contributed by atoms with Crippen LogP contribution in [0.1, 0.15) is 19.3 Å². The molecule has 2 amide bonds. The molecular weight excluding hydrogens is 184 g/mol. The average Bonchev–Trinajstić information content (AvgIpc) is 2.81. The molecular formula is C9H14N2O3. The van der Waals surface area contributed by atoms with Gasteiger partial charge in [0.05, 0.1) is 13.1 Å². The number of hydrogen-bond donors (Lipinski definition) is 2. The fourth-order valence-corrected chi connectivity index (χ4v) is 1.62. The number of amides is 2. The van der Waals surface area contributed by atoms with E-state index < -0.39 is 11.5 Å². The number of rotatable bonds is 3. The molecule has 0 bridgehead atoms. The molecule has 1 aliphatic carbocycles. The van der Waals surface area contributed by atoms with Gasteiger partial charge in [-0.3, -0.25) is 9.59 Å². The SMILES string of the molecule is NC(=O)C1(O)CN(C(=O)CC2CC2)C1. The van der Waals surface area contributed by atoms with Gasteiger partial charge in [-0.05, 0) is 18.8 Å². The largest absolute Gasteiger partial charge is 0.377 e. The third-order valence-corrected chi connectivity index (χ3v) is 2.88. The maximum absolute atomic E-state index is 11.4. The summed E-state index contributed by atoms with van der Waals surface area (Å²) in [6, 6.07) is 0. The lowest BCUT2D eigenvalue weighted by molar-refractivity contribution is -0.166. The Hall–Kier alpha value is -1.10. The van der Waals surface area contributed by atoms with Crippen molar-refractivity contribution in [2.24, 2.45) is 11.7 Å². The Bertz CT molecular complexity index is 280. The van der Waals surface area contributed by atoms with Crippen LogP contribution >= 0.6 is 0 Å². The Morgan fingerprint density at radius 2 is 2.00 bits per heavy atom. The minimum atomic E-state index is -1.47. The average molecular weight is 198 g/mol. The number of likely N-dealkylation sites (tertiary alicyclic amines) is 1. The zero-order valence-electron chi connectivity index (χ0n) is 7.90. The van der Waals surface area contributed by atoms with Gasteiger partial charge in [-0.2, -0.15) is 0 Å². The first kappa shape index (κ1) is 9.45. The molecule has 3 N–H and O–H groups in total.